The zero-order valence-corrected chi connectivity index (χ0v) is 9.14. The zero-order valence-electron chi connectivity index (χ0n) is 9.14. The molecule has 0 aromatic rings. The Hall–Kier alpha value is -0.0800. The standard InChI is InChI=1S/C12H20N2/c1-11-5-7-8-3-4-12(2,10(11)14-8)9(7)13-6-11/h7-10,13-14H,3-6H2,1-2H3. The largest absolute Gasteiger partial charge is 0.312 e. The summed E-state index contributed by atoms with van der Waals surface area (Å²) in [5, 5.41) is 7.75. The molecule has 2 heteroatoms. The number of rotatable bonds is 0. The third kappa shape index (κ3) is 0.646. The van der Waals surface area contributed by atoms with E-state index in [0.29, 0.717) is 10.8 Å². The second-order valence-corrected chi connectivity index (χ2v) is 6.63. The van der Waals surface area contributed by atoms with E-state index in [2.05, 4.69) is 24.5 Å². The van der Waals surface area contributed by atoms with E-state index in [1.54, 1.807) is 0 Å². The monoisotopic (exact) mass is 192 g/mol. The molecule has 5 aliphatic heterocycles. The zero-order chi connectivity index (χ0) is 9.55. The van der Waals surface area contributed by atoms with Crippen LogP contribution in [0.4, 0.5) is 0 Å². The summed E-state index contributed by atoms with van der Waals surface area (Å²) in [6, 6.07) is 2.46. The van der Waals surface area contributed by atoms with Gasteiger partial charge in [0.25, 0.3) is 0 Å². The van der Waals surface area contributed by atoms with Gasteiger partial charge in [-0.05, 0) is 36.0 Å². The summed E-state index contributed by atoms with van der Waals surface area (Å²) < 4.78 is 0. The molecule has 5 heterocycles. The fourth-order valence-corrected chi connectivity index (χ4v) is 5.31. The highest BCUT2D eigenvalue weighted by Crippen LogP contribution is 2.62. The van der Waals surface area contributed by atoms with Crippen molar-refractivity contribution in [3.63, 3.8) is 0 Å². The summed E-state index contributed by atoms with van der Waals surface area (Å²) in [5.41, 5.74) is 1.11. The van der Waals surface area contributed by atoms with Gasteiger partial charge < -0.3 is 10.6 Å². The lowest BCUT2D eigenvalue weighted by Gasteiger charge is -2.73. The van der Waals surface area contributed by atoms with Gasteiger partial charge in [0.05, 0.1) is 0 Å². The van der Waals surface area contributed by atoms with Crippen LogP contribution in [0.3, 0.4) is 0 Å². The predicted molar refractivity (Wildman–Crippen MR) is 56.1 cm³/mol. The van der Waals surface area contributed by atoms with E-state index < -0.39 is 0 Å². The van der Waals surface area contributed by atoms with Gasteiger partial charge in [-0.1, -0.05) is 13.8 Å². The van der Waals surface area contributed by atoms with E-state index in [9.17, 15) is 0 Å². The van der Waals surface area contributed by atoms with Crippen molar-refractivity contribution < 1.29 is 0 Å². The van der Waals surface area contributed by atoms with Crippen molar-refractivity contribution in [2.45, 2.75) is 51.2 Å². The molecule has 2 nitrogen and oxygen atoms in total. The van der Waals surface area contributed by atoms with Crippen molar-refractivity contribution in [3.05, 3.63) is 0 Å². The van der Waals surface area contributed by atoms with E-state index in [-0.39, 0.29) is 0 Å². The Balaban J connectivity index is 1.90. The molecule has 0 amide bonds. The van der Waals surface area contributed by atoms with Crippen molar-refractivity contribution >= 4 is 0 Å². The summed E-state index contributed by atoms with van der Waals surface area (Å²) in [4.78, 5) is 0. The molecule has 7 fully saturated rings. The van der Waals surface area contributed by atoms with E-state index in [4.69, 9.17) is 0 Å². The molecule has 6 atom stereocenters. The SMILES string of the molecule is CC12CNC3C(C1)C1CCC3(C)C2N1. The van der Waals surface area contributed by atoms with Crippen molar-refractivity contribution in [1.82, 2.24) is 10.6 Å². The van der Waals surface area contributed by atoms with Gasteiger partial charge in [-0.15, -0.1) is 0 Å². The number of hydrogen-bond acceptors (Lipinski definition) is 2. The lowest BCUT2D eigenvalue weighted by Crippen LogP contribution is -2.84. The minimum absolute atomic E-state index is 0.547. The molecule has 6 bridgehead atoms. The molecular formula is C12H20N2. The number of fused-ring (bicyclic) bond motifs is 2. The molecule has 0 radical (unpaired) electrons. The molecule has 14 heavy (non-hydrogen) atoms. The average Bonchev–Trinajstić information content (AvgIpc) is 2.16. The lowest BCUT2D eigenvalue weighted by molar-refractivity contribution is -0.174. The van der Waals surface area contributed by atoms with E-state index in [0.717, 1.165) is 24.0 Å². The molecular weight excluding hydrogens is 172 g/mol. The van der Waals surface area contributed by atoms with Crippen LogP contribution in [0.25, 0.3) is 0 Å². The van der Waals surface area contributed by atoms with Crippen LogP contribution in [-0.4, -0.2) is 24.7 Å². The Morgan fingerprint density at radius 3 is 2.86 bits per heavy atom. The second-order valence-electron chi connectivity index (χ2n) is 6.63. The molecule has 2 aliphatic carbocycles. The fraction of sp³-hybridized carbons (Fsp3) is 1.00. The Bertz CT molecular complexity index is 303. The smallest absolute Gasteiger partial charge is 0.0205 e. The van der Waals surface area contributed by atoms with Gasteiger partial charge in [-0.2, -0.15) is 0 Å². The summed E-state index contributed by atoms with van der Waals surface area (Å²) in [7, 11) is 0. The van der Waals surface area contributed by atoms with E-state index >= 15 is 0 Å². The molecule has 7 aliphatic rings. The Kier molecular flexibility index (Phi) is 1.19. The van der Waals surface area contributed by atoms with Crippen LogP contribution in [0.2, 0.25) is 0 Å². The molecule has 6 unspecified atom stereocenters. The quantitative estimate of drug-likeness (QED) is 0.601. The van der Waals surface area contributed by atoms with Crippen LogP contribution < -0.4 is 10.6 Å². The van der Waals surface area contributed by atoms with Crippen molar-refractivity contribution in [2.24, 2.45) is 16.7 Å². The van der Waals surface area contributed by atoms with Crippen molar-refractivity contribution in [1.29, 1.82) is 0 Å². The highest BCUT2D eigenvalue weighted by Gasteiger charge is 2.68. The maximum absolute atomic E-state index is 3.92. The highest BCUT2D eigenvalue weighted by molar-refractivity contribution is 5.24. The third-order valence-corrected chi connectivity index (χ3v) is 5.81. The minimum atomic E-state index is 0.547. The first-order valence-corrected chi connectivity index (χ1v) is 6.13. The van der Waals surface area contributed by atoms with Crippen LogP contribution in [0.1, 0.15) is 33.1 Å². The normalized spacial score (nSPS) is 69.0. The molecule has 0 aromatic carbocycles. The predicted octanol–water partition coefficient (Wildman–Crippen LogP) is 1.12. The van der Waals surface area contributed by atoms with Crippen LogP contribution in [-0.2, 0) is 0 Å². The maximum Gasteiger partial charge on any atom is 0.0205 e. The summed E-state index contributed by atoms with van der Waals surface area (Å²) in [6.45, 7) is 6.25. The van der Waals surface area contributed by atoms with Crippen LogP contribution in [0.15, 0.2) is 0 Å². The summed E-state index contributed by atoms with van der Waals surface area (Å²) in [6.07, 6.45) is 4.34. The van der Waals surface area contributed by atoms with Gasteiger partial charge in [-0.3, -0.25) is 0 Å². The molecule has 5 saturated heterocycles. The Morgan fingerprint density at radius 1 is 1.29 bits per heavy atom. The minimum Gasteiger partial charge on any atom is -0.312 e. The molecule has 2 saturated carbocycles. The second kappa shape index (κ2) is 2.05. The Morgan fingerprint density at radius 2 is 2.14 bits per heavy atom. The van der Waals surface area contributed by atoms with Crippen LogP contribution in [0, 0.1) is 16.7 Å². The van der Waals surface area contributed by atoms with Crippen molar-refractivity contribution in [3.8, 4) is 0 Å². The van der Waals surface area contributed by atoms with Gasteiger partial charge in [0.2, 0.25) is 0 Å². The van der Waals surface area contributed by atoms with Crippen molar-refractivity contribution in [2.75, 3.05) is 6.54 Å². The third-order valence-electron chi connectivity index (χ3n) is 5.81. The first kappa shape index (κ1) is 8.12. The lowest BCUT2D eigenvalue weighted by atomic mass is 9.42. The Labute approximate surface area is 85.8 Å². The number of hydrogen-bond donors (Lipinski definition) is 2. The van der Waals surface area contributed by atoms with Crippen LogP contribution >= 0.6 is 0 Å². The highest BCUT2D eigenvalue weighted by atomic mass is 15.2. The van der Waals surface area contributed by atoms with Gasteiger partial charge in [0.15, 0.2) is 0 Å². The fourth-order valence-electron chi connectivity index (χ4n) is 5.31. The first-order valence-electron chi connectivity index (χ1n) is 6.13. The first-order chi connectivity index (χ1) is 6.63. The van der Waals surface area contributed by atoms with Gasteiger partial charge in [0, 0.05) is 24.7 Å². The van der Waals surface area contributed by atoms with Crippen LogP contribution in [0.5, 0.6) is 0 Å². The number of nitrogens with one attached hydrogen (secondary N) is 2. The van der Waals surface area contributed by atoms with Gasteiger partial charge in [0.1, 0.15) is 0 Å². The van der Waals surface area contributed by atoms with E-state index in [1.807, 2.05) is 0 Å². The topological polar surface area (TPSA) is 24.1 Å². The molecule has 0 aromatic heterocycles. The molecule has 78 valence electrons. The van der Waals surface area contributed by atoms with Gasteiger partial charge >= 0.3 is 0 Å². The maximum atomic E-state index is 3.92. The average molecular weight is 192 g/mol. The summed E-state index contributed by atoms with van der Waals surface area (Å²) >= 11 is 0. The molecule has 7 rings (SSSR count). The summed E-state index contributed by atoms with van der Waals surface area (Å²) in [5.74, 6) is 0.928. The molecule has 0 spiro atoms. The van der Waals surface area contributed by atoms with E-state index in [1.165, 1.54) is 25.8 Å². The van der Waals surface area contributed by atoms with Gasteiger partial charge in [-0.25, -0.2) is 0 Å². The number of piperidine rings is 5. The molecule has 2 N–H and O–H groups in total.